The fourth-order valence-electron chi connectivity index (χ4n) is 2.85. The van der Waals surface area contributed by atoms with Crippen LogP contribution in [0.15, 0.2) is 42.5 Å². The summed E-state index contributed by atoms with van der Waals surface area (Å²) in [6.07, 6.45) is 3.61. The van der Waals surface area contributed by atoms with Crippen molar-refractivity contribution in [1.82, 2.24) is 4.90 Å². The predicted octanol–water partition coefficient (Wildman–Crippen LogP) is 3.97. The Labute approximate surface area is 180 Å². The lowest BCUT2D eigenvalue weighted by atomic mass is 10.0. The topological polar surface area (TPSA) is 81.9 Å². The molecule has 0 saturated carbocycles. The molecule has 0 heterocycles. The van der Waals surface area contributed by atoms with Crippen LogP contribution in [0.5, 0.6) is 11.5 Å². The number of primary amides is 1. The quantitative estimate of drug-likeness (QED) is 0.605. The molecule has 1 atom stereocenters. The van der Waals surface area contributed by atoms with Crippen molar-refractivity contribution >= 4 is 29.5 Å². The van der Waals surface area contributed by atoms with E-state index in [9.17, 15) is 14.0 Å². The molecule has 2 N–H and O–H groups in total. The van der Waals surface area contributed by atoms with Crippen molar-refractivity contribution in [3.8, 4) is 11.5 Å². The fourth-order valence-corrected chi connectivity index (χ4v) is 3.12. The van der Waals surface area contributed by atoms with E-state index >= 15 is 0 Å². The van der Waals surface area contributed by atoms with E-state index in [1.807, 2.05) is 6.92 Å². The summed E-state index contributed by atoms with van der Waals surface area (Å²) in [4.78, 5) is 25.7. The summed E-state index contributed by atoms with van der Waals surface area (Å²) in [6, 6.07) is 7.60. The number of amides is 2. The maximum atomic E-state index is 13.5. The molecule has 0 aromatic heterocycles. The fraction of sp³-hybridized carbons (Fsp3) is 0.273. The minimum Gasteiger partial charge on any atom is -0.493 e. The SMILES string of the molecule is CCCOc1c(Cl)cc(/C=C/C(=O)N(C)C(C(N)=O)c2cccc(F)c2)cc1OC. The predicted molar refractivity (Wildman–Crippen MR) is 114 cm³/mol. The van der Waals surface area contributed by atoms with Crippen molar-refractivity contribution < 1.29 is 23.5 Å². The molecule has 0 aliphatic heterocycles. The van der Waals surface area contributed by atoms with Crippen LogP contribution in [0.25, 0.3) is 6.08 Å². The normalized spacial score (nSPS) is 11.9. The summed E-state index contributed by atoms with van der Waals surface area (Å²) in [5.41, 5.74) is 6.34. The number of carbonyl (C=O) groups excluding carboxylic acids is 2. The van der Waals surface area contributed by atoms with Gasteiger partial charge in [-0.25, -0.2) is 4.39 Å². The summed E-state index contributed by atoms with van der Waals surface area (Å²) in [5, 5.41) is 0.345. The van der Waals surface area contributed by atoms with Crippen molar-refractivity contribution in [2.75, 3.05) is 20.8 Å². The molecule has 0 spiro atoms. The zero-order chi connectivity index (χ0) is 22.3. The molecule has 0 aliphatic rings. The Morgan fingerprint density at radius 1 is 1.30 bits per heavy atom. The van der Waals surface area contributed by atoms with E-state index in [4.69, 9.17) is 26.8 Å². The average Bonchev–Trinajstić information content (AvgIpc) is 2.70. The number of hydrogen-bond acceptors (Lipinski definition) is 4. The molecule has 2 aromatic rings. The second kappa shape index (κ2) is 10.6. The molecular weight excluding hydrogens is 411 g/mol. The number of ether oxygens (including phenoxy) is 2. The van der Waals surface area contributed by atoms with Gasteiger partial charge in [0.15, 0.2) is 11.5 Å². The van der Waals surface area contributed by atoms with Crippen LogP contribution >= 0.6 is 11.6 Å². The zero-order valence-corrected chi connectivity index (χ0v) is 17.8. The van der Waals surface area contributed by atoms with E-state index < -0.39 is 23.7 Å². The number of methoxy groups -OCH3 is 1. The van der Waals surface area contributed by atoms with Gasteiger partial charge in [-0.3, -0.25) is 9.59 Å². The number of halogens is 2. The van der Waals surface area contributed by atoms with Gasteiger partial charge in [0, 0.05) is 13.1 Å². The lowest BCUT2D eigenvalue weighted by molar-refractivity contribution is -0.134. The van der Waals surface area contributed by atoms with Gasteiger partial charge in [0.1, 0.15) is 11.9 Å². The molecule has 0 fully saturated rings. The summed E-state index contributed by atoms with van der Waals surface area (Å²) < 4.78 is 24.5. The highest BCUT2D eigenvalue weighted by molar-refractivity contribution is 6.32. The van der Waals surface area contributed by atoms with Crippen LogP contribution in [0.4, 0.5) is 4.39 Å². The summed E-state index contributed by atoms with van der Waals surface area (Å²) >= 11 is 6.28. The Hall–Kier alpha value is -3.06. The van der Waals surface area contributed by atoms with Gasteiger partial charge in [0.25, 0.3) is 0 Å². The lowest BCUT2D eigenvalue weighted by Gasteiger charge is -2.25. The van der Waals surface area contributed by atoms with E-state index in [1.165, 1.54) is 50.6 Å². The second-order valence-corrected chi connectivity index (χ2v) is 6.93. The van der Waals surface area contributed by atoms with Crippen LogP contribution in [-0.4, -0.2) is 37.5 Å². The molecule has 8 heteroatoms. The van der Waals surface area contributed by atoms with Gasteiger partial charge in [-0.2, -0.15) is 0 Å². The molecule has 6 nitrogen and oxygen atoms in total. The van der Waals surface area contributed by atoms with Crippen molar-refractivity contribution in [1.29, 1.82) is 0 Å². The standard InChI is InChI=1S/C22H24ClFN2O4/c1-4-10-30-21-17(23)11-14(12-18(21)29-3)8-9-19(27)26(2)20(22(25)28)15-6-5-7-16(24)13-15/h5-9,11-13,20H,4,10H2,1-3H3,(H2,25,28)/b9-8+. The van der Waals surface area contributed by atoms with E-state index in [1.54, 1.807) is 12.1 Å². The molecule has 0 radical (unpaired) electrons. The molecule has 0 saturated heterocycles. The van der Waals surface area contributed by atoms with Crippen molar-refractivity contribution in [3.05, 3.63) is 64.4 Å². The third-order valence-electron chi connectivity index (χ3n) is 4.29. The highest BCUT2D eigenvalue weighted by Gasteiger charge is 2.26. The first-order valence-corrected chi connectivity index (χ1v) is 9.66. The van der Waals surface area contributed by atoms with Crippen LogP contribution in [-0.2, 0) is 9.59 Å². The van der Waals surface area contributed by atoms with Crippen LogP contribution in [0.1, 0.15) is 30.5 Å². The molecule has 30 heavy (non-hydrogen) atoms. The molecule has 2 rings (SSSR count). The highest BCUT2D eigenvalue weighted by atomic mass is 35.5. The monoisotopic (exact) mass is 434 g/mol. The first-order valence-electron chi connectivity index (χ1n) is 9.28. The third kappa shape index (κ3) is 5.73. The Bertz CT molecular complexity index is 949. The van der Waals surface area contributed by atoms with Crippen LogP contribution < -0.4 is 15.2 Å². The maximum absolute atomic E-state index is 13.5. The highest BCUT2D eigenvalue weighted by Crippen LogP contribution is 2.37. The summed E-state index contributed by atoms with van der Waals surface area (Å²) in [5.74, 6) is -0.925. The molecule has 2 aromatic carbocycles. The second-order valence-electron chi connectivity index (χ2n) is 6.52. The number of nitrogens with zero attached hydrogens (tertiary/aromatic N) is 1. The van der Waals surface area contributed by atoms with Gasteiger partial charge in [-0.05, 0) is 47.9 Å². The van der Waals surface area contributed by atoms with Crippen LogP contribution in [0.3, 0.4) is 0 Å². The zero-order valence-electron chi connectivity index (χ0n) is 17.0. The van der Waals surface area contributed by atoms with Gasteiger partial charge in [0.2, 0.25) is 11.8 Å². The van der Waals surface area contributed by atoms with Gasteiger partial charge in [0.05, 0.1) is 18.7 Å². The van der Waals surface area contributed by atoms with Gasteiger partial charge in [-0.1, -0.05) is 30.7 Å². The number of nitrogens with two attached hydrogens (primary N) is 1. The number of rotatable bonds is 9. The Kier molecular flexibility index (Phi) is 8.24. The van der Waals surface area contributed by atoms with Gasteiger partial charge >= 0.3 is 0 Å². The first kappa shape index (κ1) is 23.2. The van der Waals surface area contributed by atoms with Crippen molar-refractivity contribution in [2.24, 2.45) is 5.73 Å². The number of carbonyl (C=O) groups is 2. The Balaban J connectivity index is 2.25. The largest absolute Gasteiger partial charge is 0.493 e. The molecule has 0 aliphatic carbocycles. The minimum absolute atomic E-state index is 0.286. The Morgan fingerprint density at radius 2 is 2.03 bits per heavy atom. The maximum Gasteiger partial charge on any atom is 0.247 e. The smallest absolute Gasteiger partial charge is 0.247 e. The molecule has 0 bridgehead atoms. The van der Waals surface area contributed by atoms with Crippen LogP contribution in [0.2, 0.25) is 5.02 Å². The number of benzene rings is 2. The van der Waals surface area contributed by atoms with Crippen molar-refractivity contribution in [2.45, 2.75) is 19.4 Å². The molecule has 1 unspecified atom stereocenters. The molecular formula is C22H24ClFN2O4. The first-order chi connectivity index (χ1) is 14.3. The average molecular weight is 435 g/mol. The minimum atomic E-state index is -1.11. The van der Waals surface area contributed by atoms with Crippen molar-refractivity contribution in [3.63, 3.8) is 0 Å². The Morgan fingerprint density at radius 3 is 2.63 bits per heavy atom. The summed E-state index contributed by atoms with van der Waals surface area (Å²) in [6.45, 7) is 2.46. The van der Waals surface area contributed by atoms with E-state index in [0.29, 0.717) is 28.7 Å². The lowest BCUT2D eigenvalue weighted by Crippen LogP contribution is -2.38. The van der Waals surface area contributed by atoms with E-state index in [-0.39, 0.29) is 5.56 Å². The molecule has 2 amide bonds. The van der Waals surface area contributed by atoms with Gasteiger partial charge < -0.3 is 20.1 Å². The van der Waals surface area contributed by atoms with E-state index in [2.05, 4.69) is 0 Å². The number of hydrogen-bond donors (Lipinski definition) is 1. The summed E-state index contributed by atoms with van der Waals surface area (Å²) in [7, 11) is 2.91. The number of likely N-dealkylation sites (N-methyl/N-ethyl adjacent to an activating group) is 1. The molecule has 160 valence electrons. The van der Waals surface area contributed by atoms with Gasteiger partial charge in [-0.15, -0.1) is 0 Å². The van der Waals surface area contributed by atoms with E-state index in [0.717, 1.165) is 11.3 Å². The van der Waals surface area contributed by atoms with Crippen LogP contribution in [0, 0.1) is 5.82 Å². The third-order valence-corrected chi connectivity index (χ3v) is 4.57.